The van der Waals surface area contributed by atoms with E-state index < -0.39 is 0 Å². The first-order chi connectivity index (χ1) is 9.24. The fraction of sp³-hybridized carbons (Fsp3) is 0.647. The third kappa shape index (κ3) is 2.38. The molecular weight excluding hydrogens is 234 g/mol. The van der Waals surface area contributed by atoms with Crippen LogP contribution in [-0.2, 0) is 6.42 Å². The van der Waals surface area contributed by atoms with Crippen molar-refractivity contribution in [2.24, 2.45) is 5.41 Å². The molecule has 1 aliphatic heterocycles. The molecule has 1 aromatic carbocycles. The maximum atomic E-state index is 9.91. The van der Waals surface area contributed by atoms with Crippen LogP contribution in [0.3, 0.4) is 0 Å². The van der Waals surface area contributed by atoms with Crippen LogP contribution in [0.2, 0.25) is 0 Å². The zero-order valence-electron chi connectivity index (χ0n) is 11.9. The molecule has 1 unspecified atom stereocenters. The van der Waals surface area contributed by atoms with E-state index in [4.69, 9.17) is 0 Å². The van der Waals surface area contributed by atoms with Gasteiger partial charge in [-0.1, -0.05) is 37.5 Å². The normalized spacial score (nSPS) is 25.4. The van der Waals surface area contributed by atoms with E-state index in [1.54, 1.807) is 0 Å². The molecule has 1 aromatic rings. The van der Waals surface area contributed by atoms with Gasteiger partial charge < -0.3 is 10.0 Å². The number of rotatable bonds is 3. The second kappa shape index (κ2) is 5.16. The van der Waals surface area contributed by atoms with E-state index in [9.17, 15) is 5.11 Å². The van der Waals surface area contributed by atoms with E-state index in [0.717, 1.165) is 13.0 Å². The average molecular weight is 259 g/mol. The van der Waals surface area contributed by atoms with Crippen molar-refractivity contribution in [2.45, 2.75) is 51.5 Å². The molecule has 104 valence electrons. The molecule has 19 heavy (non-hydrogen) atoms. The lowest BCUT2D eigenvalue weighted by atomic mass is 9.74. The number of fused-ring (bicyclic) bond motifs is 1. The number of hydrogen-bond acceptors (Lipinski definition) is 2. The van der Waals surface area contributed by atoms with Crippen molar-refractivity contribution in [3.8, 4) is 0 Å². The standard InChI is InChI=1S/C17H25NO/c1-14-11-15-7-3-4-8-16(15)18(14)12-17(13-19)9-5-2-6-10-17/h3-4,7-8,14,19H,2,5-6,9-13H2,1H3. The summed E-state index contributed by atoms with van der Waals surface area (Å²) in [4.78, 5) is 2.54. The van der Waals surface area contributed by atoms with Gasteiger partial charge in [0.2, 0.25) is 0 Å². The number of nitrogens with zero attached hydrogens (tertiary/aromatic N) is 1. The third-order valence-electron chi connectivity index (χ3n) is 5.10. The van der Waals surface area contributed by atoms with Crippen molar-refractivity contribution in [3.05, 3.63) is 29.8 Å². The molecule has 0 amide bonds. The van der Waals surface area contributed by atoms with Crippen LogP contribution in [0.4, 0.5) is 5.69 Å². The van der Waals surface area contributed by atoms with Gasteiger partial charge in [0.05, 0.1) is 6.61 Å². The smallest absolute Gasteiger partial charge is 0.0504 e. The van der Waals surface area contributed by atoms with Crippen molar-refractivity contribution in [1.29, 1.82) is 0 Å². The lowest BCUT2D eigenvalue weighted by Gasteiger charge is -2.41. The van der Waals surface area contributed by atoms with Crippen molar-refractivity contribution < 1.29 is 5.11 Å². The molecule has 2 aliphatic rings. The molecule has 2 heteroatoms. The zero-order valence-corrected chi connectivity index (χ0v) is 11.9. The molecule has 3 rings (SSSR count). The highest BCUT2D eigenvalue weighted by Gasteiger charge is 2.37. The quantitative estimate of drug-likeness (QED) is 0.899. The number of benzene rings is 1. The third-order valence-corrected chi connectivity index (χ3v) is 5.10. The Morgan fingerprint density at radius 1 is 1.21 bits per heavy atom. The van der Waals surface area contributed by atoms with Gasteiger partial charge in [0.1, 0.15) is 0 Å². The van der Waals surface area contributed by atoms with E-state index in [0.29, 0.717) is 12.6 Å². The molecule has 1 heterocycles. The average Bonchev–Trinajstić information content (AvgIpc) is 2.76. The summed E-state index contributed by atoms with van der Waals surface area (Å²) in [6.07, 6.45) is 7.43. The van der Waals surface area contributed by atoms with E-state index in [2.05, 4.69) is 36.1 Å². The van der Waals surface area contributed by atoms with Gasteiger partial charge in [0.15, 0.2) is 0 Å². The highest BCUT2D eigenvalue weighted by Crippen LogP contribution is 2.41. The summed E-state index contributed by atoms with van der Waals surface area (Å²) >= 11 is 0. The Hall–Kier alpha value is -1.02. The van der Waals surface area contributed by atoms with Crippen LogP contribution in [0.15, 0.2) is 24.3 Å². The molecular formula is C17H25NO. The second-order valence-corrected chi connectivity index (χ2v) is 6.53. The van der Waals surface area contributed by atoms with Gasteiger partial charge in [0, 0.05) is 23.7 Å². The van der Waals surface area contributed by atoms with Gasteiger partial charge in [-0.2, -0.15) is 0 Å². The van der Waals surface area contributed by atoms with E-state index in [1.165, 1.54) is 43.4 Å². The van der Waals surface area contributed by atoms with Gasteiger partial charge >= 0.3 is 0 Å². The number of para-hydroxylation sites is 1. The maximum absolute atomic E-state index is 9.91. The monoisotopic (exact) mass is 259 g/mol. The number of aliphatic hydroxyl groups is 1. The summed E-state index contributed by atoms with van der Waals surface area (Å²) in [6, 6.07) is 9.33. The van der Waals surface area contributed by atoms with Crippen LogP contribution in [-0.4, -0.2) is 24.3 Å². The molecule has 1 atom stereocenters. The second-order valence-electron chi connectivity index (χ2n) is 6.53. The molecule has 0 bridgehead atoms. The molecule has 0 radical (unpaired) electrons. The Bertz CT molecular complexity index is 437. The van der Waals surface area contributed by atoms with Crippen molar-refractivity contribution in [3.63, 3.8) is 0 Å². The first-order valence-electron chi connectivity index (χ1n) is 7.69. The number of hydrogen-bond donors (Lipinski definition) is 1. The molecule has 1 saturated carbocycles. The van der Waals surface area contributed by atoms with Gasteiger partial charge in [-0.3, -0.25) is 0 Å². The first-order valence-corrected chi connectivity index (χ1v) is 7.69. The predicted molar refractivity (Wildman–Crippen MR) is 79.6 cm³/mol. The summed E-state index contributed by atoms with van der Waals surface area (Å²) in [6.45, 7) is 3.69. The lowest BCUT2D eigenvalue weighted by molar-refractivity contribution is 0.0870. The van der Waals surface area contributed by atoms with Crippen LogP contribution in [0.1, 0.15) is 44.6 Å². The molecule has 1 fully saturated rings. The minimum absolute atomic E-state index is 0.143. The predicted octanol–water partition coefficient (Wildman–Crippen LogP) is 3.38. The topological polar surface area (TPSA) is 23.5 Å². The highest BCUT2D eigenvalue weighted by molar-refractivity contribution is 5.59. The van der Waals surface area contributed by atoms with Gasteiger partial charge in [-0.15, -0.1) is 0 Å². The Kier molecular flexibility index (Phi) is 3.53. The summed E-state index contributed by atoms with van der Waals surface area (Å²) in [7, 11) is 0. The number of aliphatic hydroxyl groups excluding tert-OH is 1. The molecule has 2 nitrogen and oxygen atoms in total. The maximum Gasteiger partial charge on any atom is 0.0504 e. The van der Waals surface area contributed by atoms with Gasteiger partial charge in [0.25, 0.3) is 0 Å². The SMILES string of the molecule is CC1Cc2ccccc2N1CC1(CO)CCCCC1. The molecule has 0 saturated heterocycles. The highest BCUT2D eigenvalue weighted by atomic mass is 16.3. The molecule has 1 aliphatic carbocycles. The first kappa shape index (κ1) is 13.0. The van der Waals surface area contributed by atoms with E-state index in [-0.39, 0.29) is 5.41 Å². The molecule has 0 spiro atoms. The zero-order chi connectivity index (χ0) is 13.3. The number of anilines is 1. The minimum atomic E-state index is 0.143. The fourth-order valence-corrected chi connectivity index (χ4v) is 3.90. The lowest BCUT2D eigenvalue weighted by Crippen LogP contribution is -2.44. The largest absolute Gasteiger partial charge is 0.396 e. The van der Waals surface area contributed by atoms with Crippen molar-refractivity contribution in [2.75, 3.05) is 18.1 Å². The molecule has 1 N–H and O–H groups in total. The van der Waals surface area contributed by atoms with Gasteiger partial charge in [-0.05, 0) is 37.8 Å². The Balaban J connectivity index is 1.82. The minimum Gasteiger partial charge on any atom is -0.396 e. The van der Waals surface area contributed by atoms with Crippen LogP contribution >= 0.6 is 0 Å². The molecule has 0 aromatic heterocycles. The van der Waals surface area contributed by atoms with Crippen LogP contribution in [0.5, 0.6) is 0 Å². The fourth-order valence-electron chi connectivity index (χ4n) is 3.90. The Morgan fingerprint density at radius 3 is 2.68 bits per heavy atom. The van der Waals surface area contributed by atoms with E-state index in [1.807, 2.05) is 0 Å². The van der Waals surface area contributed by atoms with Crippen LogP contribution in [0, 0.1) is 5.41 Å². The Morgan fingerprint density at radius 2 is 1.95 bits per heavy atom. The van der Waals surface area contributed by atoms with Crippen molar-refractivity contribution in [1.82, 2.24) is 0 Å². The summed E-state index contributed by atoms with van der Waals surface area (Å²) in [5.74, 6) is 0. The summed E-state index contributed by atoms with van der Waals surface area (Å²) < 4.78 is 0. The van der Waals surface area contributed by atoms with Crippen LogP contribution in [0.25, 0.3) is 0 Å². The van der Waals surface area contributed by atoms with Crippen molar-refractivity contribution >= 4 is 5.69 Å². The van der Waals surface area contributed by atoms with Crippen LogP contribution < -0.4 is 4.90 Å². The summed E-state index contributed by atoms with van der Waals surface area (Å²) in [5.41, 5.74) is 3.01. The summed E-state index contributed by atoms with van der Waals surface area (Å²) in [5, 5.41) is 9.91. The Labute approximate surface area is 116 Å². The van der Waals surface area contributed by atoms with Gasteiger partial charge in [-0.25, -0.2) is 0 Å². The van der Waals surface area contributed by atoms with E-state index >= 15 is 0 Å².